The third kappa shape index (κ3) is 4.23. The van der Waals surface area contributed by atoms with Crippen LogP contribution in [0.15, 0.2) is 60.0 Å². The molecule has 4 rings (SSSR count). The summed E-state index contributed by atoms with van der Waals surface area (Å²) in [4.78, 5) is 27.5. The van der Waals surface area contributed by atoms with Crippen molar-refractivity contribution in [2.45, 2.75) is 19.1 Å². The van der Waals surface area contributed by atoms with E-state index in [1.165, 1.54) is 11.3 Å². The Morgan fingerprint density at radius 3 is 2.43 bits per heavy atom. The molecule has 2 amide bonds. The van der Waals surface area contributed by atoms with Crippen LogP contribution in [0.25, 0.3) is 0 Å². The molecule has 0 aliphatic carbocycles. The highest BCUT2D eigenvalue weighted by atomic mass is 32.1. The van der Waals surface area contributed by atoms with Crippen LogP contribution in [-0.2, 0) is 19.1 Å². The number of amides is 2. The first kappa shape index (κ1) is 20.2. The molecule has 0 spiro atoms. The first-order valence-corrected chi connectivity index (χ1v) is 10.1. The van der Waals surface area contributed by atoms with E-state index in [4.69, 9.17) is 0 Å². The van der Waals surface area contributed by atoms with E-state index < -0.39 is 17.6 Å². The monoisotopic (exact) mass is 430 g/mol. The average molecular weight is 430 g/mol. The quantitative estimate of drug-likeness (QED) is 0.620. The second kappa shape index (κ2) is 7.95. The van der Waals surface area contributed by atoms with Gasteiger partial charge >= 0.3 is 6.18 Å². The van der Waals surface area contributed by atoms with Gasteiger partial charge in [-0.05, 0) is 65.4 Å². The number of nitrogens with zero attached hydrogens (tertiary/aromatic N) is 1. The first-order chi connectivity index (χ1) is 14.3. The van der Waals surface area contributed by atoms with Gasteiger partial charge in [-0.25, -0.2) is 0 Å². The molecule has 0 saturated heterocycles. The molecule has 1 aliphatic rings. The van der Waals surface area contributed by atoms with E-state index in [2.05, 4.69) is 5.32 Å². The molecule has 8 heteroatoms. The van der Waals surface area contributed by atoms with Crippen LogP contribution in [0.5, 0.6) is 0 Å². The molecule has 1 N–H and O–H groups in total. The highest BCUT2D eigenvalue weighted by Crippen LogP contribution is 2.29. The number of hydrogen-bond acceptors (Lipinski definition) is 3. The fourth-order valence-electron chi connectivity index (χ4n) is 3.38. The number of carbonyl (C=O) groups is 2. The molecule has 0 saturated carbocycles. The summed E-state index contributed by atoms with van der Waals surface area (Å²) >= 11 is 1.40. The number of rotatable bonds is 3. The summed E-state index contributed by atoms with van der Waals surface area (Å²) < 4.78 is 38.0. The normalized spacial score (nSPS) is 13.6. The topological polar surface area (TPSA) is 49.4 Å². The van der Waals surface area contributed by atoms with Crippen LogP contribution in [0.2, 0.25) is 0 Å². The van der Waals surface area contributed by atoms with Crippen LogP contribution < -0.4 is 5.32 Å². The lowest BCUT2D eigenvalue weighted by Gasteiger charge is -2.29. The SMILES string of the molecule is O=C(Nc1ccc2c(c1)CN(C(=O)c1cccs1)CC2)c1ccc(C(F)(F)F)cc1. The third-order valence-electron chi connectivity index (χ3n) is 4.97. The number of benzene rings is 2. The number of nitrogens with one attached hydrogen (secondary N) is 1. The molecule has 0 radical (unpaired) electrons. The molecule has 0 atom stereocenters. The Hall–Kier alpha value is -3.13. The fraction of sp³-hybridized carbons (Fsp3) is 0.182. The van der Waals surface area contributed by atoms with Gasteiger partial charge in [0.25, 0.3) is 11.8 Å². The van der Waals surface area contributed by atoms with Gasteiger partial charge in [-0.2, -0.15) is 13.2 Å². The maximum absolute atomic E-state index is 12.7. The first-order valence-electron chi connectivity index (χ1n) is 9.24. The van der Waals surface area contributed by atoms with Crippen molar-refractivity contribution >= 4 is 28.8 Å². The van der Waals surface area contributed by atoms with Crippen LogP contribution in [0.4, 0.5) is 18.9 Å². The predicted molar refractivity (Wildman–Crippen MR) is 109 cm³/mol. The smallest absolute Gasteiger partial charge is 0.333 e. The lowest BCUT2D eigenvalue weighted by atomic mass is 9.98. The highest BCUT2D eigenvalue weighted by Gasteiger charge is 2.30. The summed E-state index contributed by atoms with van der Waals surface area (Å²) in [7, 11) is 0. The highest BCUT2D eigenvalue weighted by molar-refractivity contribution is 7.12. The van der Waals surface area contributed by atoms with E-state index in [0.29, 0.717) is 23.7 Å². The lowest BCUT2D eigenvalue weighted by Crippen LogP contribution is -2.35. The van der Waals surface area contributed by atoms with E-state index in [1.54, 1.807) is 17.0 Å². The summed E-state index contributed by atoms with van der Waals surface area (Å²) in [6.07, 6.45) is -3.72. The minimum atomic E-state index is -4.44. The summed E-state index contributed by atoms with van der Waals surface area (Å²) in [6.45, 7) is 1.07. The molecule has 4 nitrogen and oxygen atoms in total. The second-order valence-corrected chi connectivity index (χ2v) is 7.91. The largest absolute Gasteiger partial charge is 0.416 e. The standard InChI is InChI=1S/C22H17F3N2O2S/c23-22(24,25)17-6-3-15(4-7-17)20(28)26-18-8-5-14-9-10-27(13-16(14)12-18)21(29)19-2-1-11-30-19/h1-8,11-12H,9-10,13H2,(H,26,28). The van der Waals surface area contributed by atoms with Gasteiger partial charge in [0.1, 0.15) is 0 Å². The number of anilines is 1. The number of thiophene rings is 1. The van der Waals surface area contributed by atoms with Crippen molar-refractivity contribution in [1.29, 1.82) is 0 Å². The maximum atomic E-state index is 12.7. The number of halogens is 3. The Morgan fingerprint density at radius 2 is 1.77 bits per heavy atom. The van der Waals surface area contributed by atoms with Crippen molar-refractivity contribution in [1.82, 2.24) is 4.90 Å². The zero-order valence-electron chi connectivity index (χ0n) is 15.7. The Labute approximate surface area is 174 Å². The molecular weight excluding hydrogens is 413 g/mol. The van der Waals surface area contributed by atoms with Gasteiger partial charge < -0.3 is 10.2 Å². The Balaban J connectivity index is 1.47. The van der Waals surface area contributed by atoms with Gasteiger partial charge in [-0.1, -0.05) is 12.1 Å². The minimum absolute atomic E-state index is 0.0187. The number of carbonyl (C=O) groups excluding carboxylic acids is 2. The summed E-state index contributed by atoms with van der Waals surface area (Å²) in [5, 5.41) is 4.58. The van der Waals surface area contributed by atoms with Gasteiger partial charge in [-0.3, -0.25) is 9.59 Å². The van der Waals surface area contributed by atoms with Crippen LogP contribution in [0.3, 0.4) is 0 Å². The van der Waals surface area contributed by atoms with E-state index in [-0.39, 0.29) is 11.5 Å². The van der Waals surface area contributed by atoms with Crippen LogP contribution in [-0.4, -0.2) is 23.3 Å². The van der Waals surface area contributed by atoms with E-state index in [1.807, 2.05) is 23.6 Å². The third-order valence-corrected chi connectivity index (χ3v) is 5.83. The van der Waals surface area contributed by atoms with Crippen LogP contribution >= 0.6 is 11.3 Å². The van der Waals surface area contributed by atoms with E-state index in [0.717, 1.165) is 41.8 Å². The predicted octanol–water partition coefficient (Wildman–Crippen LogP) is 5.22. The van der Waals surface area contributed by atoms with Crippen LogP contribution in [0, 0.1) is 0 Å². The zero-order valence-corrected chi connectivity index (χ0v) is 16.5. The molecular formula is C22H17F3N2O2S. The lowest BCUT2D eigenvalue weighted by molar-refractivity contribution is -0.137. The van der Waals surface area contributed by atoms with Gasteiger partial charge in [0.2, 0.25) is 0 Å². The van der Waals surface area contributed by atoms with Crippen molar-refractivity contribution in [3.63, 3.8) is 0 Å². The second-order valence-electron chi connectivity index (χ2n) is 6.97. The Kier molecular flexibility index (Phi) is 5.34. The number of hydrogen-bond donors (Lipinski definition) is 1. The van der Waals surface area contributed by atoms with Crippen molar-refractivity contribution in [2.75, 3.05) is 11.9 Å². The number of fused-ring (bicyclic) bond motifs is 1. The minimum Gasteiger partial charge on any atom is -0.333 e. The molecule has 0 fully saturated rings. The molecule has 154 valence electrons. The van der Waals surface area contributed by atoms with Crippen molar-refractivity contribution in [3.05, 3.63) is 87.1 Å². The molecule has 2 aromatic carbocycles. The molecule has 2 heterocycles. The van der Waals surface area contributed by atoms with Gasteiger partial charge in [0.05, 0.1) is 10.4 Å². The Morgan fingerprint density at radius 1 is 1.00 bits per heavy atom. The Bertz CT molecular complexity index is 1080. The summed E-state index contributed by atoms with van der Waals surface area (Å²) in [5.41, 5.74) is 1.91. The van der Waals surface area contributed by atoms with Crippen molar-refractivity contribution in [3.8, 4) is 0 Å². The molecule has 1 aromatic heterocycles. The summed E-state index contributed by atoms with van der Waals surface area (Å²) in [5.74, 6) is -0.513. The van der Waals surface area contributed by atoms with E-state index >= 15 is 0 Å². The molecule has 30 heavy (non-hydrogen) atoms. The maximum Gasteiger partial charge on any atom is 0.416 e. The van der Waals surface area contributed by atoms with Crippen LogP contribution in [0.1, 0.15) is 36.7 Å². The number of alkyl halides is 3. The fourth-order valence-corrected chi connectivity index (χ4v) is 4.07. The molecule has 3 aromatic rings. The van der Waals surface area contributed by atoms with Crippen molar-refractivity contribution < 1.29 is 22.8 Å². The molecule has 1 aliphatic heterocycles. The summed E-state index contributed by atoms with van der Waals surface area (Å²) in [6, 6.07) is 13.2. The van der Waals surface area contributed by atoms with Crippen molar-refractivity contribution in [2.24, 2.45) is 0 Å². The van der Waals surface area contributed by atoms with E-state index in [9.17, 15) is 22.8 Å². The molecule has 0 bridgehead atoms. The van der Waals surface area contributed by atoms with Gasteiger partial charge in [0, 0.05) is 24.3 Å². The van der Waals surface area contributed by atoms with Gasteiger partial charge in [0.15, 0.2) is 0 Å². The average Bonchev–Trinajstić information content (AvgIpc) is 3.27. The van der Waals surface area contributed by atoms with Gasteiger partial charge in [-0.15, -0.1) is 11.3 Å². The zero-order chi connectivity index (χ0) is 21.3. The molecule has 0 unspecified atom stereocenters.